The lowest BCUT2D eigenvalue weighted by atomic mass is 9.96. The van der Waals surface area contributed by atoms with Gasteiger partial charge in [-0.15, -0.1) is 0 Å². The van der Waals surface area contributed by atoms with E-state index < -0.39 is 0 Å². The van der Waals surface area contributed by atoms with Crippen LogP contribution in [0, 0.1) is 0 Å². The Morgan fingerprint density at radius 3 is 2.94 bits per heavy atom. The van der Waals surface area contributed by atoms with Crippen molar-refractivity contribution in [3.8, 4) is 11.4 Å². The molecule has 0 fully saturated rings. The van der Waals surface area contributed by atoms with Crippen molar-refractivity contribution in [2.75, 3.05) is 11.9 Å². The molecule has 2 heterocycles. The maximum Gasteiger partial charge on any atom is 0.162 e. The van der Waals surface area contributed by atoms with E-state index >= 15 is 0 Å². The van der Waals surface area contributed by atoms with E-state index in [9.17, 15) is 0 Å². The van der Waals surface area contributed by atoms with Crippen LogP contribution in [-0.4, -0.2) is 16.5 Å². The van der Waals surface area contributed by atoms with Gasteiger partial charge in [-0.25, -0.2) is 9.97 Å². The summed E-state index contributed by atoms with van der Waals surface area (Å²) in [6.07, 6.45) is 4.71. The van der Waals surface area contributed by atoms with Crippen LogP contribution in [0.25, 0.3) is 11.4 Å². The Bertz CT molecular complexity index is 534. The molecular formula is C14H17N3S. The monoisotopic (exact) mass is 259 g/mol. The summed E-state index contributed by atoms with van der Waals surface area (Å²) in [6.45, 7) is 3.02. The first-order valence-electron chi connectivity index (χ1n) is 6.54. The molecule has 4 heteroatoms. The molecule has 1 aliphatic carbocycles. The first-order chi connectivity index (χ1) is 8.88. The maximum absolute atomic E-state index is 4.75. The Balaban J connectivity index is 2.09. The van der Waals surface area contributed by atoms with Gasteiger partial charge in [-0.1, -0.05) is 0 Å². The zero-order chi connectivity index (χ0) is 12.4. The summed E-state index contributed by atoms with van der Waals surface area (Å²) >= 11 is 1.69. The van der Waals surface area contributed by atoms with Crippen LogP contribution >= 0.6 is 11.3 Å². The van der Waals surface area contributed by atoms with Gasteiger partial charge in [-0.3, -0.25) is 0 Å². The second-order valence-electron chi connectivity index (χ2n) is 4.57. The lowest BCUT2D eigenvalue weighted by Gasteiger charge is -2.19. The Labute approximate surface area is 111 Å². The molecule has 1 aliphatic rings. The Kier molecular flexibility index (Phi) is 3.28. The van der Waals surface area contributed by atoms with E-state index in [0.717, 1.165) is 36.6 Å². The van der Waals surface area contributed by atoms with Gasteiger partial charge in [-0.2, -0.15) is 11.3 Å². The third-order valence-corrected chi connectivity index (χ3v) is 3.99. The van der Waals surface area contributed by atoms with Gasteiger partial charge in [0.15, 0.2) is 5.82 Å². The van der Waals surface area contributed by atoms with Crippen LogP contribution in [0.3, 0.4) is 0 Å². The number of thiophene rings is 1. The van der Waals surface area contributed by atoms with Crippen molar-refractivity contribution in [2.24, 2.45) is 0 Å². The molecule has 3 nitrogen and oxygen atoms in total. The van der Waals surface area contributed by atoms with Crippen molar-refractivity contribution in [2.45, 2.75) is 32.6 Å². The molecule has 1 N–H and O–H groups in total. The van der Waals surface area contributed by atoms with E-state index in [4.69, 9.17) is 9.97 Å². The van der Waals surface area contributed by atoms with Crippen molar-refractivity contribution < 1.29 is 0 Å². The summed E-state index contributed by atoms with van der Waals surface area (Å²) < 4.78 is 0. The maximum atomic E-state index is 4.75. The summed E-state index contributed by atoms with van der Waals surface area (Å²) in [6, 6.07) is 2.09. The molecule has 0 spiro atoms. The highest BCUT2D eigenvalue weighted by atomic mass is 32.1. The molecule has 0 atom stereocenters. The second kappa shape index (κ2) is 5.06. The van der Waals surface area contributed by atoms with Crippen LogP contribution in [-0.2, 0) is 12.8 Å². The Hall–Kier alpha value is -1.42. The molecule has 0 aromatic carbocycles. The van der Waals surface area contributed by atoms with E-state index in [-0.39, 0.29) is 0 Å². The van der Waals surface area contributed by atoms with Crippen LogP contribution in [0.15, 0.2) is 16.8 Å². The van der Waals surface area contributed by atoms with E-state index in [1.807, 2.05) is 0 Å². The summed E-state index contributed by atoms with van der Waals surface area (Å²) in [5.74, 6) is 1.91. The van der Waals surface area contributed by atoms with Crippen LogP contribution in [0.4, 0.5) is 5.82 Å². The smallest absolute Gasteiger partial charge is 0.162 e. The largest absolute Gasteiger partial charge is 0.370 e. The molecule has 2 aromatic rings. The minimum atomic E-state index is 0.868. The molecule has 0 unspecified atom stereocenters. The van der Waals surface area contributed by atoms with Crippen LogP contribution < -0.4 is 5.32 Å². The number of aromatic nitrogens is 2. The van der Waals surface area contributed by atoms with Gasteiger partial charge in [0.25, 0.3) is 0 Å². The third kappa shape index (κ3) is 2.12. The number of nitrogens with one attached hydrogen (secondary N) is 1. The minimum absolute atomic E-state index is 0.868. The first-order valence-corrected chi connectivity index (χ1v) is 7.49. The fraction of sp³-hybridized carbons (Fsp3) is 0.429. The Morgan fingerprint density at radius 2 is 2.17 bits per heavy atom. The highest BCUT2D eigenvalue weighted by molar-refractivity contribution is 7.08. The van der Waals surface area contributed by atoms with Gasteiger partial charge < -0.3 is 5.32 Å². The molecule has 2 aromatic heterocycles. The molecule has 0 aliphatic heterocycles. The quantitative estimate of drug-likeness (QED) is 0.916. The van der Waals surface area contributed by atoms with Gasteiger partial charge in [-0.05, 0) is 44.1 Å². The van der Waals surface area contributed by atoms with Crippen molar-refractivity contribution in [1.29, 1.82) is 0 Å². The summed E-state index contributed by atoms with van der Waals surface area (Å²) in [5.41, 5.74) is 3.71. The third-order valence-electron chi connectivity index (χ3n) is 3.31. The van der Waals surface area contributed by atoms with Gasteiger partial charge in [0, 0.05) is 28.7 Å². The van der Waals surface area contributed by atoms with Gasteiger partial charge in [0.2, 0.25) is 0 Å². The zero-order valence-electron chi connectivity index (χ0n) is 10.6. The SMILES string of the molecule is CCNc1nc(-c2ccsc2)nc2c1CCCC2. The molecule has 3 rings (SSSR count). The average molecular weight is 259 g/mol. The van der Waals surface area contributed by atoms with Crippen LogP contribution in [0.2, 0.25) is 0 Å². The highest BCUT2D eigenvalue weighted by Crippen LogP contribution is 2.28. The molecule has 0 saturated heterocycles. The van der Waals surface area contributed by atoms with Crippen molar-refractivity contribution in [3.05, 3.63) is 28.1 Å². The number of hydrogen-bond acceptors (Lipinski definition) is 4. The highest BCUT2D eigenvalue weighted by Gasteiger charge is 2.18. The molecule has 0 saturated carbocycles. The Morgan fingerprint density at radius 1 is 1.28 bits per heavy atom. The van der Waals surface area contributed by atoms with Crippen molar-refractivity contribution in [3.63, 3.8) is 0 Å². The molecular weight excluding hydrogens is 242 g/mol. The fourth-order valence-corrected chi connectivity index (χ4v) is 3.06. The molecule has 0 radical (unpaired) electrons. The number of hydrogen-bond donors (Lipinski definition) is 1. The van der Waals surface area contributed by atoms with E-state index in [2.05, 4.69) is 29.1 Å². The number of aryl methyl sites for hydroxylation is 1. The number of nitrogens with zero attached hydrogens (tertiary/aromatic N) is 2. The van der Waals surface area contributed by atoms with E-state index in [0.29, 0.717) is 0 Å². The second-order valence-corrected chi connectivity index (χ2v) is 5.35. The average Bonchev–Trinajstić information content (AvgIpc) is 2.93. The molecule has 0 bridgehead atoms. The van der Waals surface area contributed by atoms with Gasteiger partial charge in [0.05, 0.1) is 0 Å². The predicted octanol–water partition coefficient (Wildman–Crippen LogP) is 3.52. The normalized spacial score (nSPS) is 14.3. The fourth-order valence-electron chi connectivity index (χ4n) is 2.43. The summed E-state index contributed by atoms with van der Waals surface area (Å²) in [4.78, 5) is 9.46. The lowest BCUT2D eigenvalue weighted by Crippen LogP contribution is -2.13. The summed E-state index contributed by atoms with van der Waals surface area (Å²) in [7, 11) is 0. The van der Waals surface area contributed by atoms with Crippen LogP contribution in [0.1, 0.15) is 31.0 Å². The first kappa shape index (κ1) is 11.7. The van der Waals surface area contributed by atoms with Crippen LogP contribution in [0.5, 0.6) is 0 Å². The number of fused-ring (bicyclic) bond motifs is 1. The van der Waals surface area contributed by atoms with Gasteiger partial charge >= 0.3 is 0 Å². The number of rotatable bonds is 3. The minimum Gasteiger partial charge on any atom is -0.370 e. The van der Waals surface area contributed by atoms with Crippen molar-refractivity contribution >= 4 is 17.2 Å². The van der Waals surface area contributed by atoms with E-state index in [1.165, 1.54) is 24.1 Å². The standard InChI is InChI=1S/C14H17N3S/c1-2-15-14-11-5-3-4-6-12(11)16-13(17-14)10-7-8-18-9-10/h7-9H,2-6H2,1H3,(H,15,16,17). The topological polar surface area (TPSA) is 37.8 Å². The van der Waals surface area contributed by atoms with Gasteiger partial charge in [0.1, 0.15) is 5.82 Å². The zero-order valence-corrected chi connectivity index (χ0v) is 11.4. The predicted molar refractivity (Wildman–Crippen MR) is 76.2 cm³/mol. The lowest BCUT2D eigenvalue weighted by molar-refractivity contribution is 0.665. The summed E-state index contributed by atoms with van der Waals surface area (Å²) in [5, 5.41) is 7.58. The molecule has 18 heavy (non-hydrogen) atoms. The van der Waals surface area contributed by atoms with Crippen molar-refractivity contribution in [1.82, 2.24) is 9.97 Å². The molecule has 94 valence electrons. The molecule has 0 amide bonds. The number of anilines is 1. The van der Waals surface area contributed by atoms with E-state index in [1.54, 1.807) is 11.3 Å².